The largest absolute Gasteiger partial charge is 0.317 e. The number of benzene rings is 1. The molecule has 0 atom stereocenters. The molecule has 2 nitrogen and oxygen atoms in total. The summed E-state index contributed by atoms with van der Waals surface area (Å²) in [5.74, 6) is 0. The zero-order chi connectivity index (χ0) is 12.6. The Labute approximate surface area is 102 Å². The van der Waals surface area contributed by atoms with E-state index in [4.69, 9.17) is 5.26 Å². The third-order valence-corrected chi connectivity index (χ3v) is 3.16. The van der Waals surface area contributed by atoms with Crippen LogP contribution in [0.3, 0.4) is 0 Å². The predicted octanol–water partition coefficient (Wildman–Crippen LogP) is 3.58. The van der Waals surface area contributed by atoms with Gasteiger partial charge in [0, 0.05) is 17.1 Å². The lowest BCUT2D eigenvalue weighted by molar-refractivity contribution is 0.951. The van der Waals surface area contributed by atoms with Crippen molar-refractivity contribution in [3.63, 3.8) is 0 Å². The fourth-order valence-electron chi connectivity index (χ4n) is 2.21. The minimum Gasteiger partial charge on any atom is -0.317 e. The lowest BCUT2D eigenvalue weighted by Gasteiger charge is -2.13. The Bertz CT molecular complexity index is 613. The van der Waals surface area contributed by atoms with Crippen LogP contribution in [0.15, 0.2) is 24.3 Å². The molecular formula is C15H16N2. The molecule has 0 aliphatic heterocycles. The Kier molecular flexibility index (Phi) is 2.77. The summed E-state index contributed by atoms with van der Waals surface area (Å²) in [5, 5.41) is 9.06. The first-order valence-corrected chi connectivity index (χ1v) is 5.71. The first-order valence-electron chi connectivity index (χ1n) is 5.71. The van der Waals surface area contributed by atoms with Crippen LogP contribution in [-0.2, 0) is 0 Å². The molecule has 1 aromatic heterocycles. The molecule has 0 unspecified atom stereocenters. The molecule has 0 aliphatic rings. The highest BCUT2D eigenvalue weighted by Gasteiger charge is 2.11. The van der Waals surface area contributed by atoms with Crippen molar-refractivity contribution in [2.45, 2.75) is 27.7 Å². The number of aromatic nitrogens is 1. The van der Waals surface area contributed by atoms with Crippen molar-refractivity contribution in [3.05, 3.63) is 52.3 Å². The van der Waals surface area contributed by atoms with Gasteiger partial charge in [-0.1, -0.05) is 12.1 Å². The van der Waals surface area contributed by atoms with Gasteiger partial charge in [-0.2, -0.15) is 5.26 Å². The average molecular weight is 224 g/mol. The molecule has 2 rings (SSSR count). The van der Waals surface area contributed by atoms with E-state index >= 15 is 0 Å². The summed E-state index contributed by atoms with van der Waals surface area (Å²) in [6, 6.07) is 10.6. The predicted molar refractivity (Wildman–Crippen MR) is 69.4 cm³/mol. The Morgan fingerprint density at radius 3 is 2.35 bits per heavy atom. The van der Waals surface area contributed by atoms with Gasteiger partial charge in [0.2, 0.25) is 0 Å². The first-order chi connectivity index (χ1) is 8.04. The molecule has 1 heterocycles. The van der Waals surface area contributed by atoms with Crippen LogP contribution in [0.2, 0.25) is 0 Å². The standard InChI is InChI=1S/C15H16N2/c1-10-5-6-11(2)15(7-10)17-12(3)8-14(9-16)13(17)4/h5-8H,1-4H3. The van der Waals surface area contributed by atoms with Crippen molar-refractivity contribution in [1.29, 1.82) is 5.26 Å². The molecule has 17 heavy (non-hydrogen) atoms. The van der Waals surface area contributed by atoms with E-state index in [0.717, 1.165) is 17.0 Å². The third kappa shape index (κ3) is 1.85. The summed E-state index contributed by atoms with van der Waals surface area (Å²) in [5.41, 5.74) is 6.50. The summed E-state index contributed by atoms with van der Waals surface area (Å²) < 4.78 is 2.15. The zero-order valence-electron chi connectivity index (χ0n) is 10.7. The number of hydrogen-bond donors (Lipinski definition) is 0. The van der Waals surface area contributed by atoms with Crippen molar-refractivity contribution in [2.24, 2.45) is 0 Å². The molecule has 0 fully saturated rings. The Morgan fingerprint density at radius 1 is 1.06 bits per heavy atom. The van der Waals surface area contributed by atoms with Crippen LogP contribution in [0.5, 0.6) is 0 Å². The van der Waals surface area contributed by atoms with E-state index in [-0.39, 0.29) is 0 Å². The molecule has 0 N–H and O–H groups in total. The van der Waals surface area contributed by atoms with Crippen molar-refractivity contribution in [1.82, 2.24) is 4.57 Å². The highest BCUT2D eigenvalue weighted by atomic mass is 15.0. The molecule has 0 bridgehead atoms. The average Bonchev–Trinajstić information content (AvgIpc) is 2.58. The van der Waals surface area contributed by atoms with Crippen LogP contribution < -0.4 is 0 Å². The van der Waals surface area contributed by atoms with Gasteiger partial charge in [0.05, 0.1) is 5.56 Å². The zero-order valence-corrected chi connectivity index (χ0v) is 10.7. The minimum absolute atomic E-state index is 0.753. The normalized spacial score (nSPS) is 10.3. The maximum absolute atomic E-state index is 9.06. The van der Waals surface area contributed by atoms with Gasteiger partial charge >= 0.3 is 0 Å². The SMILES string of the molecule is Cc1ccc(C)c(-n2c(C)cc(C#N)c2C)c1. The van der Waals surface area contributed by atoms with E-state index in [1.165, 1.54) is 16.8 Å². The van der Waals surface area contributed by atoms with Crippen molar-refractivity contribution in [2.75, 3.05) is 0 Å². The second-order valence-corrected chi connectivity index (χ2v) is 4.52. The van der Waals surface area contributed by atoms with Crippen LogP contribution in [-0.4, -0.2) is 4.57 Å². The molecule has 2 heteroatoms. The maximum atomic E-state index is 9.06. The van der Waals surface area contributed by atoms with Gasteiger partial charge in [-0.25, -0.2) is 0 Å². The van der Waals surface area contributed by atoms with E-state index in [1.54, 1.807) is 0 Å². The molecule has 0 radical (unpaired) electrons. The van der Waals surface area contributed by atoms with E-state index < -0.39 is 0 Å². The molecule has 86 valence electrons. The lowest BCUT2D eigenvalue weighted by Crippen LogP contribution is -2.02. The van der Waals surface area contributed by atoms with Gasteiger partial charge < -0.3 is 4.57 Å². The summed E-state index contributed by atoms with van der Waals surface area (Å²) in [4.78, 5) is 0. The van der Waals surface area contributed by atoms with Gasteiger partial charge in [0.1, 0.15) is 6.07 Å². The monoisotopic (exact) mass is 224 g/mol. The highest BCUT2D eigenvalue weighted by molar-refractivity contribution is 5.50. The maximum Gasteiger partial charge on any atom is 0.101 e. The summed E-state index contributed by atoms with van der Waals surface area (Å²) in [6.07, 6.45) is 0. The topological polar surface area (TPSA) is 28.7 Å². The molecule has 0 amide bonds. The van der Waals surface area contributed by atoms with Crippen LogP contribution in [0.25, 0.3) is 5.69 Å². The number of nitriles is 1. The van der Waals surface area contributed by atoms with Crippen molar-refractivity contribution < 1.29 is 0 Å². The smallest absolute Gasteiger partial charge is 0.101 e. The molecule has 0 saturated carbocycles. The highest BCUT2D eigenvalue weighted by Crippen LogP contribution is 2.23. The Morgan fingerprint density at radius 2 is 1.76 bits per heavy atom. The van der Waals surface area contributed by atoms with Crippen LogP contribution in [0, 0.1) is 39.0 Å². The van der Waals surface area contributed by atoms with E-state index in [1.807, 2.05) is 19.9 Å². The quantitative estimate of drug-likeness (QED) is 0.727. The second-order valence-electron chi connectivity index (χ2n) is 4.52. The summed E-state index contributed by atoms with van der Waals surface area (Å²) >= 11 is 0. The van der Waals surface area contributed by atoms with Gasteiger partial charge in [-0.15, -0.1) is 0 Å². The van der Waals surface area contributed by atoms with Crippen LogP contribution in [0.4, 0.5) is 0 Å². The summed E-state index contributed by atoms with van der Waals surface area (Å²) in [6.45, 7) is 8.21. The molecule has 2 aromatic rings. The van der Waals surface area contributed by atoms with Gasteiger partial charge in [0.25, 0.3) is 0 Å². The van der Waals surface area contributed by atoms with E-state index in [2.05, 4.69) is 42.7 Å². The summed E-state index contributed by atoms with van der Waals surface area (Å²) in [7, 11) is 0. The Hall–Kier alpha value is -2.01. The van der Waals surface area contributed by atoms with Crippen molar-refractivity contribution >= 4 is 0 Å². The van der Waals surface area contributed by atoms with Gasteiger partial charge in [-0.3, -0.25) is 0 Å². The number of rotatable bonds is 1. The third-order valence-electron chi connectivity index (χ3n) is 3.16. The number of hydrogen-bond acceptors (Lipinski definition) is 1. The first kappa shape index (κ1) is 11.5. The number of nitrogens with zero attached hydrogens (tertiary/aromatic N) is 2. The molecule has 0 spiro atoms. The van der Waals surface area contributed by atoms with E-state index in [9.17, 15) is 0 Å². The molecule has 0 saturated heterocycles. The second kappa shape index (κ2) is 4.10. The van der Waals surface area contributed by atoms with Crippen LogP contribution >= 0.6 is 0 Å². The van der Waals surface area contributed by atoms with Crippen molar-refractivity contribution in [3.8, 4) is 11.8 Å². The van der Waals surface area contributed by atoms with Gasteiger partial charge in [-0.05, 0) is 51.0 Å². The molecular weight excluding hydrogens is 208 g/mol. The molecule has 0 aliphatic carbocycles. The fourth-order valence-corrected chi connectivity index (χ4v) is 2.21. The lowest BCUT2D eigenvalue weighted by atomic mass is 10.1. The number of aryl methyl sites for hydroxylation is 3. The van der Waals surface area contributed by atoms with Crippen LogP contribution in [0.1, 0.15) is 28.1 Å². The fraction of sp³-hybridized carbons (Fsp3) is 0.267. The molecule has 1 aromatic carbocycles. The van der Waals surface area contributed by atoms with E-state index in [0.29, 0.717) is 0 Å². The Balaban J connectivity index is 2.73. The minimum atomic E-state index is 0.753. The van der Waals surface area contributed by atoms with Gasteiger partial charge in [0.15, 0.2) is 0 Å².